The zero-order valence-electron chi connectivity index (χ0n) is 10.2. The number of likely N-dealkylation sites (tertiary alicyclic amines) is 1. The van der Waals surface area contributed by atoms with Crippen LogP contribution >= 0.6 is 11.6 Å². The molecule has 4 heteroatoms. The van der Waals surface area contributed by atoms with Gasteiger partial charge in [0.15, 0.2) is 0 Å². The number of carbonyl (C=O) groups is 1. The Hall–Kier alpha value is -1.09. The van der Waals surface area contributed by atoms with Gasteiger partial charge in [-0.3, -0.25) is 4.79 Å². The van der Waals surface area contributed by atoms with Gasteiger partial charge in [-0.15, -0.1) is 0 Å². The molecule has 2 heterocycles. The quantitative estimate of drug-likeness (QED) is 0.720. The van der Waals surface area contributed by atoms with E-state index in [-0.39, 0.29) is 11.9 Å². The lowest BCUT2D eigenvalue weighted by Crippen LogP contribution is -2.37. The van der Waals surface area contributed by atoms with E-state index in [4.69, 9.17) is 11.6 Å². The highest BCUT2D eigenvalue weighted by atomic mass is 35.5. The van der Waals surface area contributed by atoms with Crippen LogP contribution in [0.4, 0.5) is 0 Å². The molecule has 1 amide bonds. The second-order valence-corrected chi connectivity index (χ2v) is 4.92. The predicted octanol–water partition coefficient (Wildman–Crippen LogP) is 3.12. The third-order valence-corrected chi connectivity index (χ3v) is 3.57. The maximum Gasteiger partial charge on any atom is 0.219 e. The molecular formula is C13H17ClN2O. The van der Waals surface area contributed by atoms with Crippen molar-refractivity contribution in [2.75, 3.05) is 6.54 Å². The van der Waals surface area contributed by atoms with Crippen molar-refractivity contribution in [3.63, 3.8) is 0 Å². The van der Waals surface area contributed by atoms with E-state index in [9.17, 15) is 4.79 Å². The van der Waals surface area contributed by atoms with Crippen LogP contribution in [0.3, 0.4) is 0 Å². The first kappa shape index (κ1) is 12.4. The molecular weight excluding hydrogens is 236 g/mol. The van der Waals surface area contributed by atoms with Crippen LogP contribution in [-0.4, -0.2) is 22.3 Å². The van der Waals surface area contributed by atoms with Crippen molar-refractivity contribution in [1.29, 1.82) is 0 Å². The molecule has 1 aliphatic rings. The molecule has 0 bridgehead atoms. The van der Waals surface area contributed by atoms with Gasteiger partial charge in [-0.1, -0.05) is 17.7 Å². The Kier molecular flexibility index (Phi) is 3.67. The van der Waals surface area contributed by atoms with Gasteiger partial charge < -0.3 is 4.90 Å². The van der Waals surface area contributed by atoms with Crippen LogP contribution in [0.15, 0.2) is 12.1 Å². The molecule has 3 nitrogen and oxygen atoms in total. The van der Waals surface area contributed by atoms with Gasteiger partial charge in [-0.05, 0) is 37.8 Å². The molecule has 17 heavy (non-hydrogen) atoms. The molecule has 1 fully saturated rings. The number of carbonyl (C=O) groups excluding carboxylic acids is 1. The van der Waals surface area contributed by atoms with E-state index >= 15 is 0 Å². The average molecular weight is 253 g/mol. The highest BCUT2D eigenvalue weighted by Gasteiger charge is 2.27. The number of nitrogens with zero attached hydrogens (tertiary/aromatic N) is 2. The Bertz CT molecular complexity index is 433. The van der Waals surface area contributed by atoms with E-state index in [1.807, 2.05) is 17.9 Å². The number of rotatable bonds is 1. The Morgan fingerprint density at radius 1 is 1.47 bits per heavy atom. The van der Waals surface area contributed by atoms with Gasteiger partial charge in [-0.2, -0.15) is 0 Å². The van der Waals surface area contributed by atoms with Gasteiger partial charge >= 0.3 is 0 Å². The summed E-state index contributed by atoms with van der Waals surface area (Å²) in [5.74, 6) is 0.143. The maximum atomic E-state index is 11.6. The Labute approximate surface area is 107 Å². The zero-order valence-corrected chi connectivity index (χ0v) is 11.0. The normalized spacial score (nSPS) is 20.4. The summed E-state index contributed by atoms with van der Waals surface area (Å²) >= 11 is 5.86. The molecule has 0 aliphatic carbocycles. The summed E-state index contributed by atoms with van der Waals surface area (Å²) in [6, 6.07) is 3.97. The van der Waals surface area contributed by atoms with Crippen molar-refractivity contribution in [3.8, 4) is 0 Å². The van der Waals surface area contributed by atoms with Gasteiger partial charge in [0.1, 0.15) is 5.15 Å². The van der Waals surface area contributed by atoms with Crippen LogP contribution in [0.25, 0.3) is 0 Å². The molecule has 0 saturated carbocycles. The Morgan fingerprint density at radius 3 is 2.88 bits per heavy atom. The molecule has 2 rings (SSSR count). The van der Waals surface area contributed by atoms with Crippen molar-refractivity contribution in [2.45, 2.75) is 39.2 Å². The monoisotopic (exact) mass is 252 g/mol. The number of amides is 1. The molecule has 0 aromatic carbocycles. The summed E-state index contributed by atoms with van der Waals surface area (Å²) in [7, 11) is 0. The van der Waals surface area contributed by atoms with E-state index in [1.165, 1.54) is 0 Å². The predicted molar refractivity (Wildman–Crippen MR) is 68.0 cm³/mol. The van der Waals surface area contributed by atoms with Crippen LogP contribution in [0.5, 0.6) is 0 Å². The number of aryl methyl sites for hydroxylation is 1. The summed E-state index contributed by atoms with van der Waals surface area (Å²) in [5.41, 5.74) is 2.06. The van der Waals surface area contributed by atoms with E-state index in [2.05, 4.69) is 4.98 Å². The second-order valence-electron chi connectivity index (χ2n) is 4.53. The second kappa shape index (κ2) is 5.05. The zero-order chi connectivity index (χ0) is 12.4. The molecule has 0 N–H and O–H groups in total. The van der Waals surface area contributed by atoms with Crippen LogP contribution in [0, 0.1) is 6.92 Å². The van der Waals surface area contributed by atoms with Crippen molar-refractivity contribution in [3.05, 3.63) is 28.5 Å². The number of aromatic nitrogens is 1. The van der Waals surface area contributed by atoms with Crippen LogP contribution in [-0.2, 0) is 4.79 Å². The highest BCUT2D eigenvalue weighted by Crippen LogP contribution is 2.32. The SMILES string of the molecule is CC(=O)N1CCCCC1c1ccc(Cl)nc1C. The lowest BCUT2D eigenvalue weighted by atomic mass is 9.94. The fourth-order valence-corrected chi connectivity index (χ4v) is 2.71. The lowest BCUT2D eigenvalue weighted by molar-refractivity contribution is -0.132. The Balaban J connectivity index is 2.32. The molecule has 92 valence electrons. The minimum absolute atomic E-state index is 0.143. The third-order valence-electron chi connectivity index (χ3n) is 3.36. The van der Waals surface area contributed by atoms with Gasteiger partial charge in [-0.25, -0.2) is 4.98 Å². The first-order chi connectivity index (χ1) is 8.09. The first-order valence-corrected chi connectivity index (χ1v) is 6.37. The lowest BCUT2D eigenvalue weighted by Gasteiger charge is -2.35. The molecule has 1 unspecified atom stereocenters. The highest BCUT2D eigenvalue weighted by molar-refractivity contribution is 6.29. The van der Waals surface area contributed by atoms with Crippen molar-refractivity contribution >= 4 is 17.5 Å². The maximum absolute atomic E-state index is 11.6. The minimum atomic E-state index is 0.143. The summed E-state index contributed by atoms with van der Waals surface area (Å²) < 4.78 is 0. The number of hydrogen-bond acceptors (Lipinski definition) is 2. The van der Waals surface area contributed by atoms with E-state index in [0.717, 1.165) is 37.1 Å². The van der Waals surface area contributed by atoms with Crippen LogP contribution in [0.2, 0.25) is 5.15 Å². The summed E-state index contributed by atoms with van der Waals surface area (Å²) in [6.07, 6.45) is 3.27. The smallest absolute Gasteiger partial charge is 0.219 e. The number of piperidine rings is 1. The summed E-state index contributed by atoms with van der Waals surface area (Å²) in [4.78, 5) is 17.9. The van der Waals surface area contributed by atoms with E-state index in [0.29, 0.717) is 5.15 Å². The number of halogens is 1. The minimum Gasteiger partial charge on any atom is -0.336 e. The number of pyridine rings is 1. The fraction of sp³-hybridized carbons (Fsp3) is 0.538. The molecule has 1 aliphatic heterocycles. The van der Waals surface area contributed by atoms with Crippen LogP contribution < -0.4 is 0 Å². The van der Waals surface area contributed by atoms with Crippen molar-refractivity contribution in [1.82, 2.24) is 9.88 Å². The third kappa shape index (κ3) is 2.60. The molecule has 1 saturated heterocycles. The standard InChI is InChI=1S/C13H17ClN2O/c1-9-11(6-7-13(14)15-9)12-5-3-4-8-16(12)10(2)17/h6-7,12H,3-5,8H2,1-2H3. The molecule has 1 aromatic rings. The summed E-state index contributed by atoms with van der Waals surface area (Å²) in [6.45, 7) is 4.44. The largest absolute Gasteiger partial charge is 0.336 e. The van der Waals surface area contributed by atoms with E-state index < -0.39 is 0 Å². The number of hydrogen-bond donors (Lipinski definition) is 0. The van der Waals surface area contributed by atoms with Crippen molar-refractivity contribution in [2.24, 2.45) is 0 Å². The van der Waals surface area contributed by atoms with Crippen LogP contribution in [0.1, 0.15) is 43.5 Å². The molecule has 1 aromatic heterocycles. The molecule has 0 spiro atoms. The fourth-order valence-electron chi connectivity index (χ4n) is 2.53. The van der Waals surface area contributed by atoms with Gasteiger partial charge in [0.2, 0.25) is 5.91 Å². The van der Waals surface area contributed by atoms with Gasteiger partial charge in [0, 0.05) is 19.2 Å². The summed E-state index contributed by atoms with van der Waals surface area (Å²) in [5, 5.41) is 0.511. The first-order valence-electron chi connectivity index (χ1n) is 6.00. The average Bonchev–Trinajstić information content (AvgIpc) is 2.29. The topological polar surface area (TPSA) is 33.2 Å². The van der Waals surface area contributed by atoms with Crippen molar-refractivity contribution < 1.29 is 4.79 Å². The molecule has 0 radical (unpaired) electrons. The van der Waals surface area contributed by atoms with Gasteiger partial charge in [0.05, 0.1) is 6.04 Å². The van der Waals surface area contributed by atoms with Gasteiger partial charge in [0.25, 0.3) is 0 Å². The molecule has 1 atom stereocenters. The Morgan fingerprint density at radius 2 is 2.24 bits per heavy atom. The van der Waals surface area contributed by atoms with E-state index in [1.54, 1.807) is 13.0 Å².